The van der Waals surface area contributed by atoms with E-state index in [1.54, 1.807) is 19.1 Å². The Morgan fingerprint density at radius 3 is 2.64 bits per heavy atom. The van der Waals surface area contributed by atoms with Crippen molar-refractivity contribution in [1.82, 2.24) is 0 Å². The summed E-state index contributed by atoms with van der Waals surface area (Å²) in [5.41, 5.74) is 2.11. The largest absolute Gasteiger partial charge is 0.396 e. The predicted molar refractivity (Wildman–Crippen MR) is 97.6 cm³/mol. The molecule has 0 saturated carbocycles. The molecule has 3 rings (SSSR count). The molecule has 1 saturated heterocycles. The molecule has 0 aliphatic carbocycles. The molecule has 2 N–H and O–H groups in total. The van der Waals surface area contributed by atoms with Crippen molar-refractivity contribution in [3.63, 3.8) is 0 Å². The quantitative estimate of drug-likeness (QED) is 0.893. The van der Waals surface area contributed by atoms with Crippen molar-refractivity contribution >= 4 is 17.3 Å². The Morgan fingerprint density at radius 1 is 1.20 bits per heavy atom. The van der Waals surface area contributed by atoms with Crippen molar-refractivity contribution in [1.29, 1.82) is 0 Å². The summed E-state index contributed by atoms with van der Waals surface area (Å²) >= 11 is 0. The van der Waals surface area contributed by atoms with E-state index in [4.69, 9.17) is 0 Å². The topological polar surface area (TPSA) is 52.6 Å². The van der Waals surface area contributed by atoms with Crippen LogP contribution in [0, 0.1) is 18.7 Å². The molecule has 0 unspecified atom stereocenters. The fourth-order valence-electron chi connectivity index (χ4n) is 3.22. The Bertz CT molecular complexity index is 755. The van der Waals surface area contributed by atoms with Crippen molar-refractivity contribution in [2.24, 2.45) is 5.92 Å². The van der Waals surface area contributed by atoms with Gasteiger partial charge in [-0.1, -0.05) is 24.3 Å². The fraction of sp³-hybridized carbons (Fsp3) is 0.350. The molecular weight excluding hydrogens is 319 g/mol. The highest BCUT2D eigenvalue weighted by molar-refractivity contribution is 6.06. The summed E-state index contributed by atoms with van der Waals surface area (Å²) in [5, 5.41) is 12.1. The first kappa shape index (κ1) is 17.4. The van der Waals surface area contributed by atoms with Crippen LogP contribution in [0.15, 0.2) is 42.5 Å². The van der Waals surface area contributed by atoms with E-state index in [2.05, 4.69) is 10.2 Å². The van der Waals surface area contributed by atoms with Crippen LogP contribution in [0.25, 0.3) is 0 Å². The molecular formula is C20H23FN2O2. The maximum Gasteiger partial charge on any atom is 0.258 e. The second-order valence-electron chi connectivity index (χ2n) is 6.52. The van der Waals surface area contributed by atoms with E-state index in [1.807, 2.05) is 24.3 Å². The highest BCUT2D eigenvalue weighted by atomic mass is 19.1. The zero-order valence-electron chi connectivity index (χ0n) is 14.3. The first-order chi connectivity index (χ1) is 12.1. The number of aliphatic hydroxyl groups excluding tert-OH is 1. The second-order valence-corrected chi connectivity index (χ2v) is 6.52. The van der Waals surface area contributed by atoms with Crippen LogP contribution in [0.4, 0.5) is 15.8 Å². The van der Waals surface area contributed by atoms with Gasteiger partial charge in [0.2, 0.25) is 0 Å². The average Bonchev–Trinajstić information content (AvgIpc) is 2.64. The van der Waals surface area contributed by atoms with Crippen LogP contribution in [0.5, 0.6) is 0 Å². The highest BCUT2D eigenvalue weighted by Gasteiger charge is 2.21. The minimum Gasteiger partial charge on any atom is -0.396 e. The molecule has 4 nitrogen and oxygen atoms in total. The molecule has 0 atom stereocenters. The van der Waals surface area contributed by atoms with Gasteiger partial charge in [-0.15, -0.1) is 0 Å². The molecule has 25 heavy (non-hydrogen) atoms. The van der Waals surface area contributed by atoms with Gasteiger partial charge in [-0.05, 0) is 49.4 Å². The van der Waals surface area contributed by atoms with E-state index in [0.717, 1.165) is 31.6 Å². The number of halogens is 1. The Morgan fingerprint density at radius 2 is 1.92 bits per heavy atom. The third kappa shape index (κ3) is 3.82. The van der Waals surface area contributed by atoms with E-state index in [1.165, 1.54) is 6.07 Å². The smallest absolute Gasteiger partial charge is 0.258 e. The second kappa shape index (κ2) is 7.66. The number of piperidine rings is 1. The summed E-state index contributed by atoms with van der Waals surface area (Å²) in [4.78, 5) is 14.7. The van der Waals surface area contributed by atoms with Crippen molar-refractivity contribution in [2.45, 2.75) is 19.8 Å². The lowest BCUT2D eigenvalue weighted by atomic mass is 9.97. The molecule has 1 amide bonds. The van der Waals surface area contributed by atoms with Gasteiger partial charge in [-0.3, -0.25) is 4.79 Å². The summed E-state index contributed by atoms with van der Waals surface area (Å²) in [5.74, 6) is -0.584. The van der Waals surface area contributed by atoms with Crippen molar-refractivity contribution in [2.75, 3.05) is 29.9 Å². The average molecular weight is 342 g/mol. The number of anilines is 2. The molecule has 0 spiro atoms. The van der Waals surface area contributed by atoms with Crippen molar-refractivity contribution < 1.29 is 14.3 Å². The molecule has 1 fully saturated rings. The molecule has 1 aliphatic rings. The molecule has 5 heteroatoms. The molecule has 0 radical (unpaired) electrons. The first-order valence-electron chi connectivity index (χ1n) is 8.61. The molecule has 132 valence electrons. The Balaban J connectivity index is 1.79. The number of aryl methyl sites for hydroxylation is 1. The van der Waals surface area contributed by atoms with Crippen LogP contribution >= 0.6 is 0 Å². The fourth-order valence-corrected chi connectivity index (χ4v) is 3.22. The number of benzene rings is 2. The van der Waals surface area contributed by atoms with Gasteiger partial charge in [0.1, 0.15) is 5.82 Å². The van der Waals surface area contributed by atoms with Gasteiger partial charge in [0.05, 0.1) is 16.9 Å². The summed E-state index contributed by atoms with van der Waals surface area (Å²) in [6.07, 6.45) is 1.84. The molecule has 1 heterocycles. The van der Waals surface area contributed by atoms with Crippen LogP contribution < -0.4 is 10.2 Å². The van der Waals surface area contributed by atoms with Gasteiger partial charge in [0.15, 0.2) is 0 Å². The Labute approximate surface area is 147 Å². The van der Waals surface area contributed by atoms with Crippen LogP contribution in [0.2, 0.25) is 0 Å². The Hall–Kier alpha value is -2.40. The van der Waals surface area contributed by atoms with Crippen LogP contribution in [0.3, 0.4) is 0 Å². The molecule has 0 aromatic heterocycles. The third-order valence-corrected chi connectivity index (χ3v) is 4.80. The normalized spacial score (nSPS) is 15.2. The van der Waals surface area contributed by atoms with Gasteiger partial charge in [0.25, 0.3) is 5.91 Å². The van der Waals surface area contributed by atoms with E-state index >= 15 is 0 Å². The number of para-hydroxylation sites is 2. The standard InChI is InChI=1S/C20H23FN2O2/c1-14-5-4-6-16(19(14)21)20(25)22-17-7-2-3-8-18(17)23-11-9-15(13-24)10-12-23/h2-8,15,24H,9-13H2,1H3,(H,22,25). The summed E-state index contributed by atoms with van der Waals surface area (Å²) in [7, 11) is 0. The number of amides is 1. The lowest BCUT2D eigenvalue weighted by Crippen LogP contribution is -2.35. The molecule has 2 aromatic carbocycles. The van der Waals surface area contributed by atoms with Gasteiger partial charge < -0.3 is 15.3 Å². The predicted octanol–water partition coefficient (Wildman–Crippen LogP) is 3.60. The number of hydrogen-bond donors (Lipinski definition) is 2. The third-order valence-electron chi connectivity index (χ3n) is 4.80. The zero-order valence-corrected chi connectivity index (χ0v) is 14.3. The van der Waals surface area contributed by atoms with Gasteiger partial charge >= 0.3 is 0 Å². The summed E-state index contributed by atoms with van der Waals surface area (Å²) < 4.78 is 14.2. The highest BCUT2D eigenvalue weighted by Crippen LogP contribution is 2.30. The minimum atomic E-state index is -0.485. The monoisotopic (exact) mass is 342 g/mol. The maximum atomic E-state index is 14.2. The SMILES string of the molecule is Cc1cccc(C(=O)Nc2ccccc2N2CCC(CO)CC2)c1F. The minimum absolute atomic E-state index is 0.0498. The van der Waals surface area contributed by atoms with Gasteiger partial charge in [-0.2, -0.15) is 0 Å². The van der Waals surface area contributed by atoms with Gasteiger partial charge in [-0.25, -0.2) is 4.39 Å². The van der Waals surface area contributed by atoms with E-state index in [9.17, 15) is 14.3 Å². The molecule has 2 aromatic rings. The van der Waals surface area contributed by atoms with Gasteiger partial charge in [0, 0.05) is 19.7 Å². The van der Waals surface area contributed by atoms with E-state index in [-0.39, 0.29) is 12.2 Å². The lowest BCUT2D eigenvalue weighted by Gasteiger charge is -2.34. The van der Waals surface area contributed by atoms with E-state index < -0.39 is 11.7 Å². The number of nitrogens with one attached hydrogen (secondary N) is 1. The number of aliphatic hydroxyl groups is 1. The summed E-state index contributed by atoms with van der Waals surface area (Å²) in [6.45, 7) is 3.53. The number of hydrogen-bond acceptors (Lipinski definition) is 3. The number of rotatable bonds is 4. The molecule has 0 bridgehead atoms. The van der Waals surface area contributed by atoms with E-state index in [0.29, 0.717) is 17.2 Å². The first-order valence-corrected chi connectivity index (χ1v) is 8.61. The zero-order chi connectivity index (χ0) is 17.8. The maximum absolute atomic E-state index is 14.2. The molecule has 1 aliphatic heterocycles. The summed E-state index contributed by atoms with van der Waals surface area (Å²) in [6, 6.07) is 12.4. The van der Waals surface area contributed by atoms with Crippen LogP contribution in [0.1, 0.15) is 28.8 Å². The lowest BCUT2D eigenvalue weighted by molar-refractivity contribution is 0.102. The van der Waals surface area contributed by atoms with Crippen molar-refractivity contribution in [3.8, 4) is 0 Å². The number of nitrogens with zero attached hydrogens (tertiary/aromatic N) is 1. The van der Waals surface area contributed by atoms with Crippen LogP contribution in [-0.4, -0.2) is 30.7 Å². The number of carbonyl (C=O) groups excluding carboxylic acids is 1. The Kier molecular flexibility index (Phi) is 5.34. The van der Waals surface area contributed by atoms with Crippen LogP contribution in [-0.2, 0) is 0 Å². The number of carbonyl (C=O) groups is 1. The van der Waals surface area contributed by atoms with Crippen molar-refractivity contribution in [3.05, 3.63) is 59.4 Å².